The summed E-state index contributed by atoms with van der Waals surface area (Å²) in [6.45, 7) is 3.32. The van der Waals surface area contributed by atoms with Crippen molar-refractivity contribution in [2.45, 2.75) is 45.1 Å². The van der Waals surface area contributed by atoms with Gasteiger partial charge in [-0.25, -0.2) is 0 Å². The number of hydrogen-bond acceptors (Lipinski definition) is 3. The van der Waals surface area contributed by atoms with Crippen molar-refractivity contribution in [1.29, 1.82) is 0 Å². The molecule has 2 heterocycles. The second kappa shape index (κ2) is 5.64. The van der Waals surface area contributed by atoms with Gasteiger partial charge in [-0.3, -0.25) is 9.59 Å². The maximum Gasteiger partial charge on any atom is 0.270 e. The number of aryl methyl sites for hydroxylation is 1. The fourth-order valence-corrected chi connectivity index (χ4v) is 3.44. The molecule has 1 fully saturated rings. The third-order valence-corrected chi connectivity index (χ3v) is 4.71. The maximum atomic E-state index is 12.7. The second-order valence-corrected chi connectivity index (χ2v) is 5.98. The summed E-state index contributed by atoms with van der Waals surface area (Å²) >= 11 is 0. The Balaban J connectivity index is 1.81. The van der Waals surface area contributed by atoms with Gasteiger partial charge >= 0.3 is 0 Å². The van der Waals surface area contributed by atoms with Gasteiger partial charge in [0.1, 0.15) is 5.69 Å². The molecule has 114 valence electrons. The highest BCUT2D eigenvalue weighted by Crippen LogP contribution is 2.27. The summed E-state index contributed by atoms with van der Waals surface area (Å²) in [5, 5.41) is 0. The predicted molar refractivity (Wildman–Crippen MR) is 78.7 cm³/mol. The minimum Gasteiger partial charge on any atom is -0.381 e. The molecule has 1 aliphatic heterocycles. The number of H-pyrrole nitrogens is 1. The molecule has 0 unspecified atom stereocenters. The van der Waals surface area contributed by atoms with Gasteiger partial charge in [-0.2, -0.15) is 0 Å². The fourth-order valence-electron chi connectivity index (χ4n) is 3.44. The van der Waals surface area contributed by atoms with Crippen LogP contribution in [0.3, 0.4) is 0 Å². The number of fused-ring (bicyclic) bond motifs is 1. The smallest absolute Gasteiger partial charge is 0.270 e. The van der Waals surface area contributed by atoms with E-state index in [9.17, 15) is 9.59 Å². The van der Waals surface area contributed by atoms with Crippen molar-refractivity contribution in [3.63, 3.8) is 0 Å². The van der Waals surface area contributed by atoms with Gasteiger partial charge in [0.25, 0.3) is 5.91 Å². The number of likely N-dealkylation sites (tertiary alicyclic amines) is 1. The van der Waals surface area contributed by atoms with Crippen LogP contribution in [0.2, 0.25) is 0 Å². The van der Waals surface area contributed by atoms with Crippen molar-refractivity contribution < 1.29 is 14.3 Å². The van der Waals surface area contributed by atoms with Crippen molar-refractivity contribution >= 4 is 11.7 Å². The first-order valence-corrected chi connectivity index (χ1v) is 7.68. The number of amides is 1. The molecule has 5 nitrogen and oxygen atoms in total. The number of Topliss-reactive ketones (excluding diaryl/α,β-unsaturated/α-hetero) is 1. The van der Waals surface area contributed by atoms with Gasteiger partial charge in [0, 0.05) is 37.9 Å². The third-order valence-electron chi connectivity index (χ3n) is 4.71. The lowest BCUT2D eigenvalue weighted by Crippen LogP contribution is -2.41. The molecule has 2 aliphatic rings. The van der Waals surface area contributed by atoms with E-state index in [0.29, 0.717) is 25.2 Å². The zero-order chi connectivity index (χ0) is 15.0. The number of nitrogens with zero attached hydrogens (tertiary/aromatic N) is 1. The molecule has 1 amide bonds. The van der Waals surface area contributed by atoms with Crippen molar-refractivity contribution in [2.24, 2.45) is 0 Å². The van der Waals surface area contributed by atoms with Crippen LogP contribution in [-0.4, -0.2) is 47.9 Å². The summed E-state index contributed by atoms with van der Waals surface area (Å²) in [4.78, 5) is 29.8. The first-order chi connectivity index (χ1) is 10.1. The van der Waals surface area contributed by atoms with Crippen molar-refractivity contribution in [3.8, 4) is 0 Å². The zero-order valence-electron chi connectivity index (χ0n) is 12.7. The molecule has 0 bridgehead atoms. The third kappa shape index (κ3) is 2.50. The Morgan fingerprint density at radius 3 is 2.62 bits per heavy atom. The second-order valence-electron chi connectivity index (χ2n) is 5.98. The number of aromatic nitrogens is 1. The molecule has 21 heavy (non-hydrogen) atoms. The number of hydrogen-bond donors (Lipinski definition) is 1. The summed E-state index contributed by atoms with van der Waals surface area (Å²) in [6.07, 6.45) is 4.34. The molecule has 0 atom stereocenters. The van der Waals surface area contributed by atoms with E-state index in [2.05, 4.69) is 4.98 Å². The van der Waals surface area contributed by atoms with Gasteiger partial charge in [0.05, 0.1) is 6.10 Å². The Labute approximate surface area is 124 Å². The van der Waals surface area contributed by atoms with Crippen LogP contribution in [0.1, 0.15) is 57.8 Å². The van der Waals surface area contributed by atoms with E-state index in [1.807, 2.05) is 11.8 Å². The Kier molecular flexibility index (Phi) is 3.85. The molecule has 1 aromatic rings. The first kappa shape index (κ1) is 14.3. The molecule has 0 spiro atoms. The largest absolute Gasteiger partial charge is 0.381 e. The first-order valence-electron chi connectivity index (χ1n) is 7.68. The van der Waals surface area contributed by atoms with Gasteiger partial charge in [0.2, 0.25) is 0 Å². The molecule has 1 aliphatic carbocycles. The average molecular weight is 290 g/mol. The van der Waals surface area contributed by atoms with E-state index in [4.69, 9.17) is 4.74 Å². The highest BCUT2D eigenvalue weighted by molar-refractivity contribution is 6.04. The number of methoxy groups -OCH3 is 1. The zero-order valence-corrected chi connectivity index (χ0v) is 12.7. The number of carbonyl (C=O) groups is 2. The summed E-state index contributed by atoms with van der Waals surface area (Å²) in [6, 6.07) is 0. The predicted octanol–water partition coefficient (Wildman–Crippen LogP) is 2.09. The normalized spacial score (nSPS) is 19.7. The Morgan fingerprint density at radius 2 is 2.00 bits per heavy atom. The number of aromatic amines is 1. The average Bonchev–Trinajstić information content (AvgIpc) is 2.85. The Morgan fingerprint density at radius 1 is 1.29 bits per heavy atom. The number of ether oxygens (including phenoxy) is 1. The van der Waals surface area contributed by atoms with Gasteiger partial charge in [-0.05, 0) is 38.2 Å². The van der Waals surface area contributed by atoms with Crippen molar-refractivity contribution in [2.75, 3.05) is 20.2 Å². The lowest BCUT2D eigenvalue weighted by Gasteiger charge is -2.31. The highest BCUT2D eigenvalue weighted by Gasteiger charge is 2.30. The topological polar surface area (TPSA) is 62.4 Å². The van der Waals surface area contributed by atoms with E-state index >= 15 is 0 Å². The number of rotatable bonds is 2. The lowest BCUT2D eigenvalue weighted by molar-refractivity contribution is 0.0347. The molecule has 5 heteroatoms. The monoisotopic (exact) mass is 290 g/mol. The van der Waals surface area contributed by atoms with E-state index < -0.39 is 0 Å². The van der Waals surface area contributed by atoms with Crippen LogP contribution >= 0.6 is 0 Å². The van der Waals surface area contributed by atoms with Crippen molar-refractivity contribution in [3.05, 3.63) is 22.5 Å². The van der Waals surface area contributed by atoms with Crippen LogP contribution in [0.15, 0.2) is 0 Å². The van der Waals surface area contributed by atoms with E-state index in [0.717, 1.165) is 42.5 Å². The van der Waals surface area contributed by atoms with Crippen molar-refractivity contribution in [1.82, 2.24) is 9.88 Å². The molecule has 1 aromatic heterocycles. The van der Waals surface area contributed by atoms with Gasteiger partial charge in [0.15, 0.2) is 5.78 Å². The molecule has 1 N–H and O–H groups in total. The van der Waals surface area contributed by atoms with Gasteiger partial charge in [-0.1, -0.05) is 0 Å². The molecular weight excluding hydrogens is 268 g/mol. The van der Waals surface area contributed by atoms with Crippen LogP contribution in [0, 0.1) is 6.92 Å². The molecular formula is C16H22N2O3. The van der Waals surface area contributed by atoms with Crippen LogP contribution in [-0.2, 0) is 11.2 Å². The molecule has 3 rings (SSSR count). The number of nitrogens with one attached hydrogen (secondary N) is 1. The fraction of sp³-hybridized carbons (Fsp3) is 0.625. The minimum atomic E-state index is 0.0178. The number of ketones is 1. The SMILES string of the molecule is COC1CCN(C(=O)c2[nH]c3c(c2C)C(=O)CCC3)CC1. The molecule has 0 saturated carbocycles. The molecule has 0 aromatic carbocycles. The van der Waals surface area contributed by atoms with Crippen LogP contribution in [0.5, 0.6) is 0 Å². The Bertz CT molecular complexity index is 568. The maximum absolute atomic E-state index is 12.7. The summed E-state index contributed by atoms with van der Waals surface area (Å²) in [7, 11) is 1.72. The summed E-state index contributed by atoms with van der Waals surface area (Å²) in [5.41, 5.74) is 3.13. The number of carbonyl (C=O) groups excluding carboxylic acids is 2. The minimum absolute atomic E-state index is 0.0178. The molecule has 0 radical (unpaired) electrons. The van der Waals surface area contributed by atoms with E-state index in [1.54, 1.807) is 7.11 Å². The molecule has 1 saturated heterocycles. The van der Waals surface area contributed by atoms with E-state index in [-0.39, 0.29) is 17.8 Å². The highest BCUT2D eigenvalue weighted by atomic mass is 16.5. The van der Waals surface area contributed by atoms with Crippen LogP contribution < -0.4 is 0 Å². The standard InChI is InChI=1S/C16H22N2O3/c1-10-14-12(4-3-5-13(14)19)17-15(10)16(20)18-8-6-11(21-2)7-9-18/h11,17H,3-9H2,1-2H3. The summed E-state index contributed by atoms with van der Waals surface area (Å²) < 4.78 is 5.34. The van der Waals surface area contributed by atoms with Crippen LogP contribution in [0.4, 0.5) is 0 Å². The number of piperidine rings is 1. The quantitative estimate of drug-likeness (QED) is 0.907. The van der Waals surface area contributed by atoms with Gasteiger partial charge < -0.3 is 14.6 Å². The lowest BCUT2D eigenvalue weighted by atomic mass is 9.93. The Hall–Kier alpha value is -1.62. The van der Waals surface area contributed by atoms with E-state index in [1.165, 1.54) is 0 Å². The van der Waals surface area contributed by atoms with Crippen LogP contribution in [0.25, 0.3) is 0 Å². The summed E-state index contributed by atoms with van der Waals surface area (Å²) in [5.74, 6) is 0.186. The van der Waals surface area contributed by atoms with Gasteiger partial charge in [-0.15, -0.1) is 0 Å².